The lowest BCUT2D eigenvalue weighted by atomic mass is 10.2. The van der Waals surface area contributed by atoms with Crippen molar-refractivity contribution in [1.82, 2.24) is 19.5 Å². The monoisotopic (exact) mass is 306 g/mol. The van der Waals surface area contributed by atoms with Crippen molar-refractivity contribution in [2.75, 3.05) is 0 Å². The van der Waals surface area contributed by atoms with Crippen molar-refractivity contribution < 1.29 is 0 Å². The molecule has 0 unspecified atom stereocenters. The molecule has 3 aromatic heterocycles. The van der Waals surface area contributed by atoms with Crippen LogP contribution >= 0.6 is 23.2 Å². The third-order valence-electron chi connectivity index (χ3n) is 3.12. The lowest BCUT2D eigenvalue weighted by Crippen LogP contribution is -2.06. The van der Waals surface area contributed by atoms with Gasteiger partial charge in [-0.05, 0) is 30.2 Å². The van der Waals surface area contributed by atoms with Crippen molar-refractivity contribution in [2.24, 2.45) is 0 Å². The normalized spacial score (nSPS) is 11.1. The Labute approximate surface area is 126 Å². The molecule has 102 valence electrons. The number of hydrogen-bond acceptors (Lipinski definition) is 3. The molecule has 3 rings (SSSR count). The van der Waals surface area contributed by atoms with Gasteiger partial charge in [-0.15, -0.1) is 11.6 Å². The standard InChI is InChI=1S/C14H12Cl2N4/c15-8-13-19-12-7-11(16)9-18-14(12)20(13)6-3-10-1-4-17-5-2-10/h1-2,4-5,7,9H,3,6,8H2. The zero-order valence-corrected chi connectivity index (χ0v) is 12.1. The van der Waals surface area contributed by atoms with Gasteiger partial charge in [-0.2, -0.15) is 0 Å². The first-order valence-corrected chi connectivity index (χ1v) is 7.14. The number of imidazole rings is 1. The van der Waals surface area contributed by atoms with Crippen LogP contribution in [0.2, 0.25) is 5.02 Å². The van der Waals surface area contributed by atoms with Gasteiger partial charge in [0.25, 0.3) is 0 Å². The molecule has 0 radical (unpaired) electrons. The van der Waals surface area contributed by atoms with Gasteiger partial charge < -0.3 is 4.57 Å². The highest BCUT2D eigenvalue weighted by atomic mass is 35.5. The molecule has 0 bridgehead atoms. The van der Waals surface area contributed by atoms with Gasteiger partial charge in [0.1, 0.15) is 11.3 Å². The zero-order valence-electron chi connectivity index (χ0n) is 10.6. The zero-order chi connectivity index (χ0) is 13.9. The van der Waals surface area contributed by atoms with E-state index in [1.807, 2.05) is 22.8 Å². The van der Waals surface area contributed by atoms with E-state index >= 15 is 0 Å². The minimum Gasteiger partial charge on any atom is -0.311 e. The summed E-state index contributed by atoms with van der Waals surface area (Å²) in [5.41, 5.74) is 2.82. The van der Waals surface area contributed by atoms with E-state index in [-0.39, 0.29) is 0 Å². The average molecular weight is 307 g/mol. The van der Waals surface area contributed by atoms with Crippen molar-refractivity contribution >= 4 is 34.4 Å². The minimum absolute atomic E-state index is 0.352. The number of alkyl halides is 1. The second-order valence-corrected chi connectivity index (χ2v) is 5.12. The molecule has 6 heteroatoms. The molecule has 3 aromatic rings. The number of rotatable bonds is 4. The summed E-state index contributed by atoms with van der Waals surface area (Å²) in [5, 5.41) is 0.581. The molecule has 0 saturated carbocycles. The Kier molecular flexibility index (Phi) is 3.85. The third kappa shape index (κ3) is 2.62. The van der Waals surface area contributed by atoms with Crippen LogP contribution in [-0.4, -0.2) is 19.5 Å². The topological polar surface area (TPSA) is 43.6 Å². The molecule has 4 nitrogen and oxygen atoms in total. The predicted octanol–water partition coefficient (Wildman–Crippen LogP) is 3.46. The summed E-state index contributed by atoms with van der Waals surface area (Å²) in [6.45, 7) is 0.775. The Hall–Kier alpha value is -1.65. The van der Waals surface area contributed by atoms with Crippen molar-refractivity contribution in [2.45, 2.75) is 18.8 Å². The van der Waals surface area contributed by atoms with E-state index in [2.05, 4.69) is 15.0 Å². The fraction of sp³-hybridized carbons (Fsp3) is 0.214. The average Bonchev–Trinajstić information content (AvgIpc) is 2.83. The maximum absolute atomic E-state index is 5.97. The van der Waals surface area contributed by atoms with E-state index in [0.717, 1.165) is 30.0 Å². The maximum atomic E-state index is 5.97. The van der Waals surface area contributed by atoms with Crippen LogP contribution in [0.5, 0.6) is 0 Å². The van der Waals surface area contributed by atoms with Crippen molar-refractivity contribution in [3.05, 3.63) is 53.2 Å². The van der Waals surface area contributed by atoms with Crippen LogP contribution in [0.4, 0.5) is 0 Å². The predicted molar refractivity (Wildman–Crippen MR) is 80.0 cm³/mol. The van der Waals surface area contributed by atoms with Crippen molar-refractivity contribution in [1.29, 1.82) is 0 Å². The number of pyridine rings is 2. The minimum atomic E-state index is 0.352. The highest BCUT2D eigenvalue weighted by Crippen LogP contribution is 2.19. The Morgan fingerprint density at radius 3 is 2.75 bits per heavy atom. The van der Waals surface area contributed by atoms with Crippen LogP contribution in [0.15, 0.2) is 36.8 Å². The van der Waals surface area contributed by atoms with Gasteiger partial charge in [-0.25, -0.2) is 9.97 Å². The van der Waals surface area contributed by atoms with E-state index < -0.39 is 0 Å². The smallest absolute Gasteiger partial charge is 0.160 e. The van der Waals surface area contributed by atoms with Gasteiger partial charge in [-0.3, -0.25) is 4.98 Å². The number of aromatic nitrogens is 4. The Bertz CT molecular complexity index is 725. The number of aryl methyl sites for hydroxylation is 2. The van der Waals surface area contributed by atoms with E-state index in [1.54, 1.807) is 18.6 Å². The number of hydrogen-bond donors (Lipinski definition) is 0. The fourth-order valence-corrected chi connectivity index (χ4v) is 2.52. The van der Waals surface area contributed by atoms with Gasteiger partial charge in [0.15, 0.2) is 5.65 Å². The highest BCUT2D eigenvalue weighted by molar-refractivity contribution is 6.31. The third-order valence-corrected chi connectivity index (χ3v) is 3.57. The summed E-state index contributed by atoms with van der Waals surface area (Å²) in [6.07, 6.45) is 6.10. The molecule has 0 saturated heterocycles. The van der Waals surface area contributed by atoms with Gasteiger partial charge in [0, 0.05) is 25.1 Å². The summed E-state index contributed by atoms with van der Waals surface area (Å²) in [6, 6.07) is 5.82. The fourth-order valence-electron chi connectivity index (χ4n) is 2.16. The molecular formula is C14H12Cl2N4. The first-order valence-electron chi connectivity index (χ1n) is 6.23. The number of halogens is 2. The van der Waals surface area contributed by atoms with Crippen LogP contribution in [-0.2, 0) is 18.8 Å². The molecular weight excluding hydrogens is 295 g/mol. The largest absolute Gasteiger partial charge is 0.311 e. The Morgan fingerprint density at radius 2 is 2.00 bits per heavy atom. The highest BCUT2D eigenvalue weighted by Gasteiger charge is 2.11. The summed E-state index contributed by atoms with van der Waals surface area (Å²) in [4.78, 5) is 12.9. The molecule has 0 aliphatic carbocycles. The molecule has 0 aromatic carbocycles. The van der Waals surface area contributed by atoms with Crippen molar-refractivity contribution in [3.8, 4) is 0 Å². The van der Waals surface area contributed by atoms with Gasteiger partial charge >= 0.3 is 0 Å². The first-order chi connectivity index (χ1) is 9.78. The molecule has 0 aliphatic rings. The second-order valence-electron chi connectivity index (χ2n) is 4.42. The summed E-state index contributed by atoms with van der Waals surface area (Å²) >= 11 is 11.9. The molecule has 0 amide bonds. The quantitative estimate of drug-likeness (QED) is 0.693. The molecule has 0 fully saturated rings. The first kappa shape index (κ1) is 13.3. The summed E-state index contributed by atoms with van der Waals surface area (Å²) in [7, 11) is 0. The Balaban J connectivity index is 1.93. The number of nitrogens with zero attached hydrogens (tertiary/aromatic N) is 4. The SMILES string of the molecule is ClCc1nc2cc(Cl)cnc2n1CCc1ccncc1. The molecule has 0 spiro atoms. The van der Waals surface area contributed by atoms with Gasteiger partial charge in [0.05, 0.1) is 10.9 Å². The van der Waals surface area contributed by atoms with E-state index in [9.17, 15) is 0 Å². The van der Waals surface area contributed by atoms with Gasteiger partial charge in [-0.1, -0.05) is 11.6 Å². The lowest BCUT2D eigenvalue weighted by Gasteiger charge is -2.07. The molecule has 0 N–H and O–H groups in total. The van der Waals surface area contributed by atoms with E-state index in [0.29, 0.717) is 10.9 Å². The molecule has 3 heterocycles. The summed E-state index contributed by atoms with van der Waals surface area (Å²) in [5.74, 6) is 1.16. The molecule has 0 atom stereocenters. The van der Waals surface area contributed by atoms with E-state index in [1.165, 1.54) is 5.56 Å². The van der Waals surface area contributed by atoms with Crippen LogP contribution < -0.4 is 0 Å². The Morgan fingerprint density at radius 1 is 1.20 bits per heavy atom. The summed E-state index contributed by atoms with van der Waals surface area (Å²) < 4.78 is 2.04. The molecule has 20 heavy (non-hydrogen) atoms. The van der Waals surface area contributed by atoms with E-state index in [4.69, 9.17) is 23.2 Å². The molecule has 0 aliphatic heterocycles. The van der Waals surface area contributed by atoms with Crippen LogP contribution in [0.1, 0.15) is 11.4 Å². The van der Waals surface area contributed by atoms with Crippen LogP contribution in [0.3, 0.4) is 0 Å². The second kappa shape index (κ2) is 5.77. The van der Waals surface area contributed by atoms with Crippen molar-refractivity contribution in [3.63, 3.8) is 0 Å². The van der Waals surface area contributed by atoms with Crippen LogP contribution in [0.25, 0.3) is 11.2 Å². The lowest BCUT2D eigenvalue weighted by molar-refractivity contribution is 0.682. The van der Waals surface area contributed by atoms with Gasteiger partial charge in [0.2, 0.25) is 0 Å². The van der Waals surface area contributed by atoms with Crippen LogP contribution in [0, 0.1) is 0 Å². The number of fused-ring (bicyclic) bond motifs is 1. The maximum Gasteiger partial charge on any atom is 0.160 e.